The third kappa shape index (κ3) is 2.32. The number of hydrogen-bond acceptors (Lipinski definition) is 4. The van der Waals surface area contributed by atoms with Crippen molar-refractivity contribution in [2.45, 2.75) is 19.2 Å². The summed E-state index contributed by atoms with van der Waals surface area (Å²) in [6.07, 6.45) is 2.66. The van der Waals surface area contributed by atoms with Crippen LogP contribution in [0.5, 0.6) is 0 Å². The molecule has 5 heteroatoms. The van der Waals surface area contributed by atoms with Crippen molar-refractivity contribution in [2.24, 2.45) is 0 Å². The molecule has 0 saturated carbocycles. The molecule has 0 aliphatic heterocycles. The SMILES string of the molecule is Cc1nc(Cc2ncc(CCl)s2)cs1. The number of aryl methyl sites for hydroxylation is 1. The molecule has 0 aliphatic carbocycles. The van der Waals surface area contributed by atoms with E-state index in [9.17, 15) is 0 Å². The highest BCUT2D eigenvalue weighted by atomic mass is 35.5. The number of alkyl halides is 1. The number of thiazole rings is 2. The Labute approximate surface area is 95.6 Å². The molecule has 14 heavy (non-hydrogen) atoms. The maximum atomic E-state index is 5.70. The fourth-order valence-corrected chi connectivity index (χ4v) is 2.77. The van der Waals surface area contributed by atoms with Crippen LogP contribution in [0.4, 0.5) is 0 Å². The quantitative estimate of drug-likeness (QED) is 0.775. The van der Waals surface area contributed by atoms with Crippen molar-refractivity contribution in [3.63, 3.8) is 0 Å². The Morgan fingerprint density at radius 1 is 1.50 bits per heavy atom. The number of aromatic nitrogens is 2. The Morgan fingerprint density at radius 2 is 2.36 bits per heavy atom. The molecular weight excluding hydrogens is 236 g/mol. The predicted octanol–water partition coefficient (Wildman–Crippen LogP) is 3.24. The highest BCUT2D eigenvalue weighted by molar-refractivity contribution is 7.11. The molecule has 2 rings (SSSR count). The predicted molar refractivity (Wildman–Crippen MR) is 61.3 cm³/mol. The molecular formula is C9H9ClN2S2. The van der Waals surface area contributed by atoms with Gasteiger partial charge >= 0.3 is 0 Å². The van der Waals surface area contributed by atoms with E-state index < -0.39 is 0 Å². The van der Waals surface area contributed by atoms with Gasteiger partial charge in [0.25, 0.3) is 0 Å². The van der Waals surface area contributed by atoms with Crippen LogP contribution in [-0.2, 0) is 12.3 Å². The summed E-state index contributed by atoms with van der Waals surface area (Å²) in [4.78, 5) is 9.80. The van der Waals surface area contributed by atoms with Crippen LogP contribution < -0.4 is 0 Å². The first-order chi connectivity index (χ1) is 6.78. The van der Waals surface area contributed by atoms with Gasteiger partial charge in [-0.1, -0.05) is 0 Å². The monoisotopic (exact) mass is 244 g/mol. The van der Waals surface area contributed by atoms with E-state index in [1.165, 1.54) is 0 Å². The van der Waals surface area contributed by atoms with Crippen molar-refractivity contribution in [2.75, 3.05) is 0 Å². The lowest BCUT2D eigenvalue weighted by Gasteiger charge is -1.89. The fraction of sp³-hybridized carbons (Fsp3) is 0.333. The molecule has 0 spiro atoms. The van der Waals surface area contributed by atoms with Crippen LogP contribution in [0.3, 0.4) is 0 Å². The first-order valence-corrected chi connectivity index (χ1v) is 6.41. The summed E-state index contributed by atoms with van der Waals surface area (Å²) in [5.41, 5.74) is 1.10. The number of hydrogen-bond donors (Lipinski definition) is 0. The van der Waals surface area contributed by atoms with Crippen molar-refractivity contribution >= 4 is 34.3 Å². The summed E-state index contributed by atoms with van der Waals surface area (Å²) in [5.74, 6) is 0.549. The molecule has 2 heterocycles. The van der Waals surface area contributed by atoms with Crippen molar-refractivity contribution in [1.82, 2.24) is 9.97 Å². The molecule has 0 amide bonds. The van der Waals surface area contributed by atoms with E-state index in [-0.39, 0.29) is 0 Å². The maximum Gasteiger partial charge on any atom is 0.0988 e. The topological polar surface area (TPSA) is 25.8 Å². The minimum atomic E-state index is 0.549. The molecule has 74 valence electrons. The van der Waals surface area contributed by atoms with E-state index in [2.05, 4.69) is 15.3 Å². The smallest absolute Gasteiger partial charge is 0.0988 e. The summed E-state index contributed by atoms with van der Waals surface area (Å²) in [6, 6.07) is 0. The molecule has 2 nitrogen and oxygen atoms in total. The molecule has 2 aromatic heterocycles. The zero-order chi connectivity index (χ0) is 9.97. The first kappa shape index (κ1) is 10.1. The molecule has 0 fully saturated rings. The maximum absolute atomic E-state index is 5.70. The molecule has 0 saturated heterocycles. The van der Waals surface area contributed by atoms with Gasteiger partial charge in [-0.05, 0) is 6.92 Å². The average molecular weight is 245 g/mol. The van der Waals surface area contributed by atoms with Gasteiger partial charge in [-0.15, -0.1) is 34.3 Å². The summed E-state index contributed by atoms with van der Waals surface area (Å²) >= 11 is 9.04. The Morgan fingerprint density at radius 3 is 2.93 bits per heavy atom. The summed E-state index contributed by atoms with van der Waals surface area (Å²) in [7, 11) is 0. The van der Waals surface area contributed by atoms with Crippen LogP contribution in [0.15, 0.2) is 11.6 Å². The van der Waals surface area contributed by atoms with Gasteiger partial charge in [0.15, 0.2) is 0 Å². The normalized spacial score (nSPS) is 10.7. The molecule has 0 aliphatic rings. The highest BCUT2D eigenvalue weighted by Crippen LogP contribution is 2.19. The Bertz CT molecular complexity index is 422. The molecule has 0 atom stereocenters. The van der Waals surface area contributed by atoms with Crippen LogP contribution in [0, 0.1) is 6.92 Å². The summed E-state index contributed by atoms with van der Waals surface area (Å²) in [6.45, 7) is 2.01. The standard InChI is InChI=1S/C9H9ClN2S2/c1-6-12-7(5-13-6)2-9-11-4-8(3-10)14-9/h4-5H,2-3H2,1H3. The average Bonchev–Trinajstić information content (AvgIpc) is 2.76. The molecule has 0 unspecified atom stereocenters. The molecule has 0 aromatic carbocycles. The Hall–Kier alpha value is -0.450. The second kappa shape index (κ2) is 4.38. The molecule has 2 aromatic rings. The van der Waals surface area contributed by atoms with Gasteiger partial charge in [0, 0.05) is 22.9 Å². The van der Waals surface area contributed by atoms with E-state index in [4.69, 9.17) is 11.6 Å². The van der Waals surface area contributed by atoms with Crippen molar-refractivity contribution < 1.29 is 0 Å². The summed E-state index contributed by atoms with van der Waals surface area (Å²) < 4.78 is 0. The van der Waals surface area contributed by atoms with Crippen molar-refractivity contribution in [3.8, 4) is 0 Å². The fourth-order valence-electron chi connectivity index (χ4n) is 1.14. The summed E-state index contributed by atoms with van der Waals surface area (Å²) in [5, 5.41) is 4.27. The van der Waals surface area contributed by atoms with Crippen LogP contribution >= 0.6 is 34.3 Å². The largest absolute Gasteiger partial charge is 0.249 e. The van der Waals surface area contributed by atoms with Crippen LogP contribution in [0.25, 0.3) is 0 Å². The lowest BCUT2D eigenvalue weighted by molar-refractivity contribution is 1.06. The van der Waals surface area contributed by atoms with E-state index in [1.807, 2.05) is 13.1 Å². The van der Waals surface area contributed by atoms with Crippen LogP contribution in [0.2, 0.25) is 0 Å². The molecule has 0 bridgehead atoms. The highest BCUT2D eigenvalue weighted by Gasteiger charge is 2.04. The minimum absolute atomic E-state index is 0.549. The van der Waals surface area contributed by atoms with Crippen LogP contribution in [-0.4, -0.2) is 9.97 Å². The number of halogens is 1. The van der Waals surface area contributed by atoms with E-state index in [0.29, 0.717) is 5.88 Å². The third-order valence-electron chi connectivity index (χ3n) is 1.73. The van der Waals surface area contributed by atoms with Gasteiger partial charge in [0.05, 0.1) is 21.6 Å². The zero-order valence-electron chi connectivity index (χ0n) is 7.66. The number of nitrogens with zero attached hydrogens (tertiary/aromatic N) is 2. The van der Waals surface area contributed by atoms with Crippen molar-refractivity contribution in [3.05, 3.63) is 32.2 Å². The van der Waals surface area contributed by atoms with Gasteiger partial charge in [-0.2, -0.15) is 0 Å². The van der Waals surface area contributed by atoms with E-state index >= 15 is 0 Å². The lowest BCUT2D eigenvalue weighted by Crippen LogP contribution is -1.86. The van der Waals surface area contributed by atoms with Crippen molar-refractivity contribution in [1.29, 1.82) is 0 Å². The third-order valence-corrected chi connectivity index (χ3v) is 4.00. The lowest BCUT2D eigenvalue weighted by atomic mass is 10.3. The Balaban J connectivity index is 2.10. The Kier molecular flexibility index (Phi) is 3.15. The van der Waals surface area contributed by atoms with Gasteiger partial charge in [0.1, 0.15) is 0 Å². The van der Waals surface area contributed by atoms with Gasteiger partial charge in [-0.25, -0.2) is 9.97 Å². The van der Waals surface area contributed by atoms with Crippen LogP contribution in [0.1, 0.15) is 20.6 Å². The minimum Gasteiger partial charge on any atom is -0.249 e. The molecule has 0 radical (unpaired) electrons. The van der Waals surface area contributed by atoms with Gasteiger partial charge in [-0.3, -0.25) is 0 Å². The first-order valence-electron chi connectivity index (χ1n) is 4.18. The van der Waals surface area contributed by atoms with Gasteiger partial charge < -0.3 is 0 Å². The van der Waals surface area contributed by atoms with E-state index in [0.717, 1.165) is 27.0 Å². The molecule has 0 N–H and O–H groups in total. The second-order valence-electron chi connectivity index (χ2n) is 2.89. The number of rotatable bonds is 3. The zero-order valence-corrected chi connectivity index (χ0v) is 10.0. The second-order valence-corrected chi connectivity index (χ2v) is 5.42. The van der Waals surface area contributed by atoms with Gasteiger partial charge in [0.2, 0.25) is 0 Å². The van der Waals surface area contributed by atoms with E-state index in [1.54, 1.807) is 22.7 Å².